The molecule has 0 spiro atoms. The highest BCUT2D eigenvalue weighted by atomic mass is 35.5. The highest BCUT2D eigenvalue weighted by molar-refractivity contribution is 6.30. The van der Waals surface area contributed by atoms with E-state index in [9.17, 15) is 4.79 Å². The Balaban J connectivity index is 1.77. The third-order valence-corrected chi connectivity index (χ3v) is 4.17. The minimum absolute atomic E-state index is 0.351. The van der Waals surface area contributed by atoms with E-state index >= 15 is 0 Å². The lowest BCUT2D eigenvalue weighted by Gasteiger charge is -2.10. The van der Waals surface area contributed by atoms with Gasteiger partial charge in [-0.25, -0.2) is 9.48 Å². The minimum atomic E-state index is -0.351. The van der Waals surface area contributed by atoms with Gasteiger partial charge in [0.25, 0.3) is 0 Å². The van der Waals surface area contributed by atoms with Crippen molar-refractivity contribution in [3.63, 3.8) is 0 Å². The van der Waals surface area contributed by atoms with Crippen molar-refractivity contribution in [1.82, 2.24) is 19.8 Å². The van der Waals surface area contributed by atoms with E-state index in [1.54, 1.807) is 9.48 Å². The molecule has 0 aliphatic carbocycles. The van der Waals surface area contributed by atoms with Crippen LogP contribution in [0, 0.1) is 6.92 Å². The number of halogens is 1. The average Bonchev–Trinajstić information content (AvgIpc) is 2.90. The van der Waals surface area contributed by atoms with Crippen LogP contribution in [0.1, 0.15) is 16.7 Å². The summed E-state index contributed by atoms with van der Waals surface area (Å²) in [4.78, 5) is 13.5. The van der Waals surface area contributed by atoms with Gasteiger partial charge in [-0.2, -0.15) is 4.80 Å². The summed E-state index contributed by atoms with van der Waals surface area (Å²) >= 11 is 5.89. The Morgan fingerprint density at radius 1 is 1.12 bits per heavy atom. The molecule has 0 atom stereocenters. The van der Waals surface area contributed by atoms with Crippen molar-refractivity contribution < 1.29 is 0 Å². The standard InChI is InChI=1S/C17H18ClN5O/c1-12-10-14(4-7-16(12)19)11-23-21-20-17(24)22(23)9-8-13-2-5-15(18)6-3-13/h2-7,10H,8-9,11,19H2,1H3. The Bertz CT molecular complexity index is 898. The van der Waals surface area contributed by atoms with Gasteiger partial charge >= 0.3 is 5.69 Å². The molecular formula is C17H18ClN5O. The third-order valence-electron chi connectivity index (χ3n) is 3.92. The molecule has 24 heavy (non-hydrogen) atoms. The number of hydrogen-bond donors (Lipinski definition) is 1. The topological polar surface area (TPSA) is 78.7 Å². The molecule has 0 saturated carbocycles. The summed E-state index contributed by atoms with van der Waals surface area (Å²) in [5.41, 5.74) is 9.36. The second-order valence-corrected chi connectivity index (χ2v) is 6.13. The molecule has 2 aromatic carbocycles. The van der Waals surface area contributed by atoms with Gasteiger partial charge in [0.1, 0.15) is 0 Å². The third kappa shape index (κ3) is 3.65. The van der Waals surface area contributed by atoms with Crippen LogP contribution >= 0.6 is 11.6 Å². The monoisotopic (exact) mass is 343 g/mol. The number of nitrogens with zero attached hydrogens (tertiary/aromatic N) is 4. The first-order chi connectivity index (χ1) is 11.5. The molecule has 6 nitrogen and oxygen atoms in total. The van der Waals surface area contributed by atoms with Gasteiger partial charge in [-0.3, -0.25) is 0 Å². The van der Waals surface area contributed by atoms with Crippen molar-refractivity contribution in [3.05, 3.63) is 74.7 Å². The smallest absolute Gasteiger partial charge is 0.383 e. The number of nitrogens with two attached hydrogens (primary N) is 1. The molecule has 1 heterocycles. The molecule has 1 aromatic heterocycles. The molecule has 2 N–H and O–H groups in total. The largest absolute Gasteiger partial charge is 0.399 e. The maximum atomic E-state index is 12.0. The number of aromatic nitrogens is 4. The fraction of sp³-hybridized carbons (Fsp3) is 0.235. The zero-order valence-electron chi connectivity index (χ0n) is 13.3. The Hall–Kier alpha value is -2.60. The lowest BCUT2D eigenvalue weighted by molar-refractivity contribution is 0.423. The number of rotatable bonds is 5. The van der Waals surface area contributed by atoms with Crippen molar-refractivity contribution in [2.45, 2.75) is 26.4 Å². The van der Waals surface area contributed by atoms with Crippen LogP contribution in [0.2, 0.25) is 5.02 Å². The second kappa shape index (κ2) is 6.88. The van der Waals surface area contributed by atoms with E-state index in [4.69, 9.17) is 17.3 Å². The summed E-state index contributed by atoms with van der Waals surface area (Å²) < 4.78 is 1.54. The Labute approximate surface area is 144 Å². The summed E-state index contributed by atoms with van der Waals surface area (Å²) in [5, 5.41) is 8.30. The lowest BCUT2D eigenvalue weighted by atomic mass is 10.1. The molecule has 0 fully saturated rings. The highest BCUT2D eigenvalue weighted by Gasteiger charge is 2.08. The van der Waals surface area contributed by atoms with Crippen molar-refractivity contribution >= 4 is 17.3 Å². The molecule has 0 unspecified atom stereocenters. The Morgan fingerprint density at radius 2 is 1.83 bits per heavy atom. The number of hydrogen-bond acceptors (Lipinski definition) is 4. The predicted octanol–water partition coefficient (Wildman–Crippen LogP) is 2.27. The van der Waals surface area contributed by atoms with E-state index in [1.807, 2.05) is 49.4 Å². The van der Waals surface area contributed by atoms with Crippen LogP contribution in [0.4, 0.5) is 5.69 Å². The molecular weight excluding hydrogens is 326 g/mol. The number of aryl methyl sites for hydroxylation is 2. The first kappa shape index (κ1) is 16.3. The summed E-state index contributed by atoms with van der Waals surface area (Å²) in [5.74, 6) is 0. The molecule has 3 rings (SSSR count). The molecule has 0 amide bonds. The predicted molar refractivity (Wildman–Crippen MR) is 94.1 cm³/mol. The average molecular weight is 344 g/mol. The number of benzene rings is 2. The molecule has 0 bridgehead atoms. The van der Waals surface area contributed by atoms with Gasteiger partial charge in [0.2, 0.25) is 0 Å². The molecule has 0 saturated heterocycles. The summed E-state index contributed by atoms with van der Waals surface area (Å²) in [6.07, 6.45) is 0.700. The summed E-state index contributed by atoms with van der Waals surface area (Å²) in [6, 6.07) is 13.4. The van der Waals surface area contributed by atoms with E-state index in [0.29, 0.717) is 24.5 Å². The Morgan fingerprint density at radius 3 is 2.54 bits per heavy atom. The second-order valence-electron chi connectivity index (χ2n) is 5.69. The summed E-state index contributed by atoms with van der Waals surface area (Å²) in [7, 11) is 0. The van der Waals surface area contributed by atoms with E-state index in [0.717, 1.165) is 22.4 Å². The molecule has 124 valence electrons. The molecule has 0 aliphatic heterocycles. The van der Waals surface area contributed by atoms with E-state index in [1.165, 1.54) is 0 Å². The lowest BCUT2D eigenvalue weighted by Crippen LogP contribution is -2.25. The number of anilines is 1. The number of nitrogen functional groups attached to an aromatic ring is 1. The Kier molecular flexibility index (Phi) is 4.66. The molecule has 0 aliphatic rings. The van der Waals surface area contributed by atoms with Gasteiger partial charge in [0.05, 0.1) is 13.1 Å². The SMILES string of the molecule is Cc1cc(Cn2nnc(=O)n2CCc2ccc(Cl)cc2)ccc1N. The van der Waals surface area contributed by atoms with Crippen LogP contribution in [0.15, 0.2) is 47.3 Å². The molecule has 3 aromatic rings. The van der Waals surface area contributed by atoms with Crippen molar-refractivity contribution in [2.24, 2.45) is 0 Å². The first-order valence-corrected chi connectivity index (χ1v) is 8.01. The van der Waals surface area contributed by atoms with Crippen molar-refractivity contribution in [2.75, 3.05) is 5.73 Å². The molecule has 7 heteroatoms. The van der Waals surface area contributed by atoms with E-state index in [-0.39, 0.29) is 5.69 Å². The van der Waals surface area contributed by atoms with Gasteiger partial charge in [-0.1, -0.05) is 41.0 Å². The van der Waals surface area contributed by atoms with Crippen molar-refractivity contribution in [1.29, 1.82) is 0 Å². The minimum Gasteiger partial charge on any atom is -0.399 e. The van der Waals surface area contributed by atoms with Gasteiger partial charge in [0.15, 0.2) is 0 Å². The van der Waals surface area contributed by atoms with Crippen LogP contribution in [0.3, 0.4) is 0 Å². The van der Waals surface area contributed by atoms with Gasteiger partial charge < -0.3 is 5.73 Å². The number of tetrazole rings is 1. The fourth-order valence-corrected chi connectivity index (χ4v) is 2.63. The molecule has 0 radical (unpaired) electrons. The van der Waals surface area contributed by atoms with Crippen LogP contribution < -0.4 is 11.4 Å². The van der Waals surface area contributed by atoms with Crippen LogP contribution in [-0.2, 0) is 19.5 Å². The zero-order chi connectivity index (χ0) is 17.1. The van der Waals surface area contributed by atoms with E-state index < -0.39 is 0 Å². The van der Waals surface area contributed by atoms with Gasteiger partial charge in [0, 0.05) is 10.7 Å². The first-order valence-electron chi connectivity index (χ1n) is 7.63. The van der Waals surface area contributed by atoms with Crippen molar-refractivity contribution in [3.8, 4) is 0 Å². The van der Waals surface area contributed by atoms with E-state index in [2.05, 4.69) is 10.3 Å². The maximum Gasteiger partial charge on any atom is 0.383 e. The zero-order valence-corrected chi connectivity index (χ0v) is 14.1. The van der Waals surface area contributed by atoms with Gasteiger partial charge in [-0.05, 0) is 53.4 Å². The van der Waals surface area contributed by atoms with Crippen LogP contribution in [0.25, 0.3) is 0 Å². The quantitative estimate of drug-likeness (QED) is 0.721. The normalized spacial score (nSPS) is 10.9. The fourth-order valence-electron chi connectivity index (χ4n) is 2.50. The summed E-state index contributed by atoms with van der Waals surface area (Å²) in [6.45, 7) is 2.92. The van der Waals surface area contributed by atoms with Gasteiger partial charge in [-0.15, -0.1) is 0 Å². The maximum absolute atomic E-state index is 12.0. The van der Waals surface area contributed by atoms with Crippen LogP contribution in [0.5, 0.6) is 0 Å². The highest BCUT2D eigenvalue weighted by Crippen LogP contribution is 2.13. The van der Waals surface area contributed by atoms with Crippen LogP contribution in [-0.4, -0.2) is 19.8 Å².